The number of nitrogens with one attached hydrogen (secondary N) is 1. The van der Waals surface area contributed by atoms with Gasteiger partial charge in [0.05, 0.1) is 17.7 Å². The van der Waals surface area contributed by atoms with E-state index in [2.05, 4.69) is 5.43 Å². The van der Waals surface area contributed by atoms with Crippen molar-refractivity contribution >= 4 is 0 Å². The third-order valence-electron chi connectivity index (χ3n) is 6.24. The molecule has 4 heteroatoms. The molecule has 3 fully saturated rings. The van der Waals surface area contributed by atoms with E-state index >= 15 is 0 Å². The monoisotopic (exact) mass is 296 g/mol. The van der Waals surface area contributed by atoms with Crippen molar-refractivity contribution in [1.82, 2.24) is 5.43 Å². The molecule has 3 rings (SSSR count). The predicted octanol–water partition coefficient (Wildman–Crippen LogP) is 2.76. The van der Waals surface area contributed by atoms with Crippen molar-refractivity contribution < 1.29 is 9.47 Å². The maximum absolute atomic E-state index is 6.08. The molecule has 4 nitrogen and oxygen atoms in total. The van der Waals surface area contributed by atoms with E-state index in [0.29, 0.717) is 11.8 Å². The second-order valence-corrected chi connectivity index (χ2v) is 7.43. The zero-order valence-electron chi connectivity index (χ0n) is 13.5. The molecule has 1 aliphatic heterocycles. The maximum atomic E-state index is 6.08. The third-order valence-corrected chi connectivity index (χ3v) is 6.24. The second-order valence-electron chi connectivity index (χ2n) is 7.43. The average molecular weight is 296 g/mol. The molecule has 1 saturated heterocycles. The molecule has 1 spiro atoms. The van der Waals surface area contributed by atoms with Gasteiger partial charge in [0.2, 0.25) is 0 Å². The summed E-state index contributed by atoms with van der Waals surface area (Å²) >= 11 is 0. The molecule has 3 unspecified atom stereocenters. The highest BCUT2D eigenvalue weighted by Crippen LogP contribution is 2.46. The molecule has 3 aliphatic rings. The van der Waals surface area contributed by atoms with Gasteiger partial charge in [-0.2, -0.15) is 0 Å². The molecule has 0 amide bonds. The van der Waals surface area contributed by atoms with Crippen molar-refractivity contribution in [2.75, 3.05) is 13.7 Å². The van der Waals surface area contributed by atoms with Crippen LogP contribution in [-0.4, -0.2) is 31.5 Å². The SMILES string of the molecule is COC(C1CCCCC1)C(NN)C1CCOC2(CCC2)C1. The lowest BCUT2D eigenvalue weighted by atomic mass is 9.68. The predicted molar refractivity (Wildman–Crippen MR) is 83.7 cm³/mol. The first-order valence-electron chi connectivity index (χ1n) is 8.91. The van der Waals surface area contributed by atoms with E-state index in [1.54, 1.807) is 0 Å². The Morgan fingerprint density at radius 3 is 2.43 bits per heavy atom. The number of methoxy groups -OCH3 is 1. The van der Waals surface area contributed by atoms with Crippen LogP contribution in [0.3, 0.4) is 0 Å². The van der Waals surface area contributed by atoms with Crippen LogP contribution in [-0.2, 0) is 9.47 Å². The summed E-state index contributed by atoms with van der Waals surface area (Å²) in [6.45, 7) is 0.893. The molecule has 21 heavy (non-hydrogen) atoms. The molecule has 0 bridgehead atoms. The van der Waals surface area contributed by atoms with E-state index in [1.165, 1.54) is 51.4 Å². The number of hydrogen-bond donors (Lipinski definition) is 2. The van der Waals surface area contributed by atoms with Gasteiger partial charge in [0.25, 0.3) is 0 Å². The quantitative estimate of drug-likeness (QED) is 0.605. The van der Waals surface area contributed by atoms with Gasteiger partial charge >= 0.3 is 0 Å². The van der Waals surface area contributed by atoms with Crippen LogP contribution in [0.4, 0.5) is 0 Å². The summed E-state index contributed by atoms with van der Waals surface area (Å²) in [5.41, 5.74) is 3.31. The van der Waals surface area contributed by atoms with Gasteiger partial charge in [-0.1, -0.05) is 19.3 Å². The van der Waals surface area contributed by atoms with Crippen LogP contribution in [0.2, 0.25) is 0 Å². The largest absolute Gasteiger partial charge is 0.379 e. The van der Waals surface area contributed by atoms with Crippen LogP contribution in [0.15, 0.2) is 0 Å². The molecule has 3 atom stereocenters. The number of nitrogens with two attached hydrogens (primary N) is 1. The molecule has 0 aromatic carbocycles. The normalized spacial score (nSPS) is 32.6. The van der Waals surface area contributed by atoms with E-state index in [1.807, 2.05) is 7.11 Å². The van der Waals surface area contributed by atoms with Crippen molar-refractivity contribution in [3.8, 4) is 0 Å². The van der Waals surface area contributed by atoms with Gasteiger partial charge in [-0.05, 0) is 56.8 Å². The zero-order valence-corrected chi connectivity index (χ0v) is 13.5. The number of hydrazine groups is 1. The van der Waals surface area contributed by atoms with Crippen LogP contribution < -0.4 is 11.3 Å². The highest BCUT2D eigenvalue weighted by molar-refractivity contribution is 4.98. The first-order chi connectivity index (χ1) is 10.3. The molecular formula is C17H32N2O2. The third kappa shape index (κ3) is 3.29. The van der Waals surface area contributed by atoms with Crippen molar-refractivity contribution in [1.29, 1.82) is 0 Å². The molecule has 0 aromatic rings. The summed E-state index contributed by atoms with van der Waals surface area (Å²) in [5.74, 6) is 7.23. The Morgan fingerprint density at radius 2 is 1.86 bits per heavy atom. The standard InChI is InChI=1S/C17H32N2O2/c1-20-16(13-6-3-2-4-7-13)15(19-18)14-8-11-21-17(12-14)9-5-10-17/h13-16,19H,2-12,18H2,1H3. The fourth-order valence-electron chi connectivity index (χ4n) is 4.89. The number of hydrogen-bond acceptors (Lipinski definition) is 4. The number of rotatable bonds is 5. The molecule has 122 valence electrons. The van der Waals surface area contributed by atoms with Gasteiger partial charge in [0.1, 0.15) is 0 Å². The highest BCUT2D eigenvalue weighted by Gasteiger charge is 2.46. The molecule has 1 heterocycles. The van der Waals surface area contributed by atoms with Crippen molar-refractivity contribution in [3.63, 3.8) is 0 Å². The zero-order chi connectivity index (χ0) is 14.7. The Labute approximate surface area is 129 Å². The van der Waals surface area contributed by atoms with Gasteiger partial charge in [0, 0.05) is 13.7 Å². The van der Waals surface area contributed by atoms with Crippen LogP contribution in [0.1, 0.15) is 64.2 Å². The van der Waals surface area contributed by atoms with E-state index < -0.39 is 0 Å². The van der Waals surface area contributed by atoms with Crippen molar-refractivity contribution in [3.05, 3.63) is 0 Å². The Morgan fingerprint density at radius 1 is 1.10 bits per heavy atom. The number of ether oxygens (including phenoxy) is 2. The fraction of sp³-hybridized carbons (Fsp3) is 1.00. The topological polar surface area (TPSA) is 56.5 Å². The van der Waals surface area contributed by atoms with Crippen molar-refractivity contribution in [2.24, 2.45) is 17.7 Å². The van der Waals surface area contributed by atoms with Crippen LogP contribution in [0.25, 0.3) is 0 Å². The minimum absolute atomic E-state index is 0.183. The molecule has 2 aliphatic carbocycles. The van der Waals surface area contributed by atoms with Gasteiger partial charge in [-0.25, -0.2) is 0 Å². The minimum Gasteiger partial charge on any atom is -0.379 e. The highest BCUT2D eigenvalue weighted by atomic mass is 16.5. The van der Waals surface area contributed by atoms with Gasteiger partial charge in [-0.3, -0.25) is 11.3 Å². The van der Waals surface area contributed by atoms with E-state index in [9.17, 15) is 0 Å². The lowest BCUT2D eigenvalue weighted by Crippen LogP contribution is -2.57. The van der Waals surface area contributed by atoms with E-state index in [-0.39, 0.29) is 17.7 Å². The smallest absolute Gasteiger partial charge is 0.0768 e. The Hall–Kier alpha value is -0.160. The van der Waals surface area contributed by atoms with Crippen LogP contribution in [0, 0.1) is 11.8 Å². The summed E-state index contributed by atoms with van der Waals surface area (Å²) in [6, 6.07) is 0.277. The summed E-state index contributed by atoms with van der Waals surface area (Å²) in [7, 11) is 1.86. The molecule has 0 aromatic heterocycles. The fourth-order valence-corrected chi connectivity index (χ4v) is 4.89. The lowest BCUT2D eigenvalue weighted by molar-refractivity contribution is -0.154. The first kappa shape index (κ1) is 15.7. The summed E-state index contributed by atoms with van der Waals surface area (Å²) < 4.78 is 12.0. The first-order valence-corrected chi connectivity index (χ1v) is 8.91. The second kappa shape index (κ2) is 6.95. The summed E-state index contributed by atoms with van der Waals surface area (Å²) in [4.78, 5) is 0. The Bertz CT molecular complexity index is 327. The molecule has 2 saturated carbocycles. The summed E-state index contributed by atoms with van der Waals surface area (Å²) in [5, 5.41) is 0. The van der Waals surface area contributed by atoms with Crippen LogP contribution in [0.5, 0.6) is 0 Å². The van der Waals surface area contributed by atoms with E-state index in [4.69, 9.17) is 15.3 Å². The Kier molecular flexibility index (Phi) is 5.20. The van der Waals surface area contributed by atoms with Gasteiger partial charge in [-0.15, -0.1) is 0 Å². The van der Waals surface area contributed by atoms with Gasteiger partial charge < -0.3 is 9.47 Å². The van der Waals surface area contributed by atoms with E-state index in [0.717, 1.165) is 19.4 Å². The van der Waals surface area contributed by atoms with Crippen molar-refractivity contribution in [2.45, 2.75) is 82.0 Å². The molecular weight excluding hydrogens is 264 g/mol. The lowest BCUT2D eigenvalue weighted by Gasteiger charge is -2.50. The maximum Gasteiger partial charge on any atom is 0.0768 e. The molecule has 0 radical (unpaired) electrons. The minimum atomic E-state index is 0.183. The van der Waals surface area contributed by atoms with Gasteiger partial charge in [0.15, 0.2) is 0 Å². The Balaban J connectivity index is 1.66. The average Bonchev–Trinajstić information content (AvgIpc) is 2.52. The molecule has 3 N–H and O–H groups in total. The summed E-state index contributed by atoms with van der Waals surface area (Å²) in [6.07, 6.45) is 13.0. The van der Waals surface area contributed by atoms with Crippen LogP contribution >= 0.6 is 0 Å².